The number of methoxy groups -OCH3 is 2. The lowest BCUT2D eigenvalue weighted by molar-refractivity contribution is 0.0592. The van der Waals surface area contributed by atoms with Crippen LogP contribution in [0.2, 0.25) is 0 Å². The van der Waals surface area contributed by atoms with E-state index in [4.69, 9.17) is 14.2 Å². The van der Waals surface area contributed by atoms with Gasteiger partial charge in [-0.15, -0.1) is 0 Å². The monoisotopic (exact) mass is 724 g/mol. The highest BCUT2D eigenvalue weighted by atomic mass is 79.9. The van der Waals surface area contributed by atoms with Gasteiger partial charge in [-0.2, -0.15) is 0 Å². The lowest BCUT2D eigenvalue weighted by Crippen LogP contribution is -2.32. The normalized spacial score (nSPS) is 11.7. The molecule has 2 aliphatic rings. The number of carbonyl (C=O) groups excluding carboxylic acids is 2. The molecule has 234 valence electrons. The summed E-state index contributed by atoms with van der Waals surface area (Å²) < 4.78 is 18.2. The highest BCUT2D eigenvalue weighted by molar-refractivity contribution is 9.10. The predicted molar refractivity (Wildman–Crippen MR) is 187 cm³/mol. The molecule has 0 saturated heterocycles. The Morgan fingerprint density at radius 1 is 0.545 bits per heavy atom. The third-order valence-corrected chi connectivity index (χ3v) is 7.88. The molecule has 1 aliphatic heterocycles. The predicted octanol–water partition coefficient (Wildman–Crippen LogP) is 11.4. The molecule has 0 saturated carbocycles. The number of hydrogen-bond donors (Lipinski definition) is 0. The molecule has 0 bridgehead atoms. The minimum atomic E-state index is -0.746. The van der Waals surface area contributed by atoms with Gasteiger partial charge in [0.1, 0.15) is 11.5 Å². The molecule has 1 aliphatic carbocycles. The van der Waals surface area contributed by atoms with E-state index in [-0.39, 0.29) is 0 Å². The first-order valence-electron chi connectivity index (χ1n) is 15.1. The minimum Gasteiger partial charge on any atom is -0.465 e. The molecule has 7 heteroatoms. The molecule has 1 spiro atoms. The number of fused-ring (bicyclic) bond motifs is 9. The van der Waals surface area contributed by atoms with Crippen molar-refractivity contribution in [2.45, 2.75) is 60.8 Å². The Hall–Kier alpha value is -3.42. The summed E-state index contributed by atoms with van der Waals surface area (Å²) in [6.45, 7) is 16.0. The van der Waals surface area contributed by atoms with Crippen LogP contribution < -0.4 is 4.74 Å². The van der Waals surface area contributed by atoms with Crippen molar-refractivity contribution in [2.24, 2.45) is 0 Å². The number of ether oxygens (including phenoxy) is 3. The van der Waals surface area contributed by atoms with E-state index in [2.05, 4.69) is 56.1 Å². The maximum Gasteiger partial charge on any atom is 0.337 e. The summed E-state index contributed by atoms with van der Waals surface area (Å²) in [4.78, 5) is 24.7. The molecule has 0 aromatic heterocycles. The van der Waals surface area contributed by atoms with Gasteiger partial charge in [0.25, 0.3) is 0 Å². The summed E-state index contributed by atoms with van der Waals surface area (Å²) in [5, 5.41) is 0. The van der Waals surface area contributed by atoms with Crippen molar-refractivity contribution in [3.05, 3.63) is 115 Å². The highest BCUT2D eigenvalue weighted by Crippen LogP contribution is 2.62. The average Bonchev–Trinajstić information content (AvgIpc) is 3.35. The van der Waals surface area contributed by atoms with Gasteiger partial charge in [-0.1, -0.05) is 112 Å². The standard InChI is InChI=1S/C29H18Br2O5.4C2H6/c1-34-27(32)15-3-9-21-25(11-15)36-26-12-16(28(33)35-2)4-10-22(26)29(21)23-13-17(30)5-7-19(23)20-8-6-18(31)14-24(20)29;4*1-2/h3-14H,1-2H3;4*1-2H3. The van der Waals surface area contributed by atoms with Crippen molar-refractivity contribution in [1.29, 1.82) is 0 Å². The Labute approximate surface area is 279 Å². The third-order valence-electron chi connectivity index (χ3n) is 6.89. The quantitative estimate of drug-likeness (QED) is 0.166. The number of rotatable bonds is 2. The van der Waals surface area contributed by atoms with Crippen molar-refractivity contribution in [1.82, 2.24) is 0 Å². The van der Waals surface area contributed by atoms with Crippen molar-refractivity contribution >= 4 is 43.8 Å². The molecule has 1 heterocycles. The van der Waals surface area contributed by atoms with E-state index >= 15 is 0 Å². The fraction of sp³-hybridized carbons (Fsp3) is 0.297. The van der Waals surface area contributed by atoms with Gasteiger partial charge in [-0.05, 0) is 70.8 Å². The fourth-order valence-electron chi connectivity index (χ4n) is 5.43. The summed E-state index contributed by atoms with van der Waals surface area (Å²) in [6, 6.07) is 23.3. The molecule has 5 nitrogen and oxygen atoms in total. The number of halogens is 2. The summed E-state index contributed by atoms with van der Waals surface area (Å²) >= 11 is 7.34. The summed E-state index contributed by atoms with van der Waals surface area (Å²) in [6.07, 6.45) is 0. The van der Waals surface area contributed by atoms with Crippen LogP contribution in [0.15, 0.2) is 81.7 Å². The van der Waals surface area contributed by atoms with Crippen LogP contribution >= 0.6 is 31.9 Å². The third kappa shape index (κ3) is 6.36. The molecule has 4 aromatic carbocycles. The highest BCUT2D eigenvalue weighted by Gasteiger charge is 2.51. The van der Waals surface area contributed by atoms with Crippen LogP contribution in [-0.4, -0.2) is 26.2 Å². The SMILES string of the molecule is CC.CC.CC.CC.COC(=O)c1ccc2c(c1)Oc1cc(C(=O)OC)ccc1C21c2cc(Br)ccc2-c2ccc(Br)cc21. The first-order valence-corrected chi connectivity index (χ1v) is 16.7. The van der Waals surface area contributed by atoms with E-state index in [1.54, 1.807) is 24.3 Å². The lowest BCUT2D eigenvalue weighted by Gasteiger charge is -2.39. The number of benzene rings is 4. The zero-order valence-electron chi connectivity index (χ0n) is 27.2. The summed E-state index contributed by atoms with van der Waals surface area (Å²) in [5.74, 6) is 0.127. The molecule has 6 rings (SSSR count). The molecule has 0 fully saturated rings. The van der Waals surface area contributed by atoms with Gasteiger partial charge in [0.2, 0.25) is 0 Å². The van der Waals surface area contributed by atoms with Gasteiger partial charge in [0.15, 0.2) is 0 Å². The van der Waals surface area contributed by atoms with Gasteiger partial charge < -0.3 is 14.2 Å². The van der Waals surface area contributed by atoms with Gasteiger partial charge in [0.05, 0.1) is 30.8 Å². The molecule has 0 atom stereocenters. The van der Waals surface area contributed by atoms with Crippen LogP contribution in [0.1, 0.15) is 98.4 Å². The minimum absolute atomic E-state index is 0.376. The summed E-state index contributed by atoms with van der Waals surface area (Å²) in [5.41, 5.74) is 6.16. The van der Waals surface area contributed by atoms with Crippen LogP contribution in [0.4, 0.5) is 0 Å². The van der Waals surface area contributed by atoms with Crippen molar-refractivity contribution in [3.8, 4) is 22.6 Å². The Morgan fingerprint density at radius 2 is 0.909 bits per heavy atom. The number of hydrogen-bond acceptors (Lipinski definition) is 5. The molecular formula is C37H42Br2O5. The summed E-state index contributed by atoms with van der Waals surface area (Å²) in [7, 11) is 2.70. The van der Waals surface area contributed by atoms with E-state index < -0.39 is 17.4 Å². The fourth-order valence-corrected chi connectivity index (χ4v) is 6.16. The largest absolute Gasteiger partial charge is 0.465 e. The van der Waals surface area contributed by atoms with E-state index in [9.17, 15) is 9.59 Å². The van der Waals surface area contributed by atoms with Crippen molar-refractivity contribution < 1.29 is 23.8 Å². The van der Waals surface area contributed by atoms with Gasteiger partial charge in [-0.3, -0.25) is 0 Å². The van der Waals surface area contributed by atoms with Gasteiger partial charge >= 0.3 is 11.9 Å². The maximum atomic E-state index is 12.4. The van der Waals surface area contributed by atoms with Gasteiger partial charge in [0, 0.05) is 20.1 Å². The molecule has 4 aromatic rings. The second-order valence-corrected chi connectivity index (χ2v) is 10.5. The van der Waals surface area contributed by atoms with Crippen LogP contribution in [0.25, 0.3) is 11.1 Å². The van der Waals surface area contributed by atoms with Crippen LogP contribution in [-0.2, 0) is 14.9 Å². The molecule has 0 radical (unpaired) electrons. The second-order valence-electron chi connectivity index (χ2n) is 8.64. The first-order chi connectivity index (χ1) is 21.4. The molecular weight excluding hydrogens is 684 g/mol. The smallest absolute Gasteiger partial charge is 0.337 e. The molecule has 0 amide bonds. The Balaban J connectivity index is 0.000000783. The number of esters is 2. The van der Waals surface area contributed by atoms with Crippen LogP contribution in [0, 0.1) is 0 Å². The average molecular weight is 727 g/mol. The van der Waals surface area contributed by atoms with E-state index in [0.717, 1.165) is 42.3 Å². The van der Waals surface area contributed by atoms with E-state index in [1.165, 1.54) is 14.2 Å². The van der Waals surface area contributed by atoms with Crippen molar-refractivity contribution in [2.75, 3.05) is 14.2 Å². The van der Waals surface area contributed by atoms with Crippen LogP contribution in [0.3, 0.4) is 0 Å². The second kappa shape index (κ2) is 16.6. The van der Waals surface area contributed by atoms with Crippen LogP contribution in [0.5, 0.6) is 11.5 Å². The lowest BCUT2D eigenvalue weighted by atomic mass is 9.66. The Kier molecular flexibility index (Phi) is 13.9. The van der Waals surface area contributed by atoms with E-state index in [1.807, 2.05) is 79.7 Å². The molecule has 44 heavy (non-hydrogen) atoms. The number of carbonyl (C=O) groups is 2. The van der Waals surface area contributed by atoms with E-state index in [0.29, 0.717) is 22.6 Å². The Bertz CT molecular complexity index is 1490. The Morgan fingerprint density at radius 3 is 1.25 bits per heavy atom. The van der Waals surface area contributed by atoms with Crippen molar-refractivity contribution in [3.63, 3.8) is 0 Å². The topological polar surface area (TPSA) is 61.8 Å². The zero-order valence-corrected chi connectivity index (χ0v) is 30.4. The molecule has 0 N–H and O–H groups in total. The first kappa shape index (κ1) is 36.8. The van der Waals surface area contributed by atoms with Gasteiger partial charge in [-0.25, -0.2) is 9.59 Å². The zero-order chi connectivity index (χ0) is 33.2. The molecule has 0 unspecified atom stereocenters. The maximum absolute atomic E-state index is 12.4.